The molecule has 0 saturated heterocycles. The highest BCUT2D eigenvalue weighted by Gasteiger charge is 2.41. The number of nitrogens with zero attached hydrogens (tertiary/aromatic N) is 2. The minimum atomic E-state index is -1.84. The molecular formula is C38H54N2O4Si. The Morgan fingerprint density at radius 1 is 0.956 bits per heavy atom. The van der Waals surface area contributed by atoms with Gasteiger partial charge in [-0.2, -0.15) is 0 Å². The molecule has 0 radical (unpaired) electrons. The van der Waals surface area contributed by atoms with Crippen molar-refractivity contribution in [2.24, 2.45) is 11.8 Å². The Balaban J connectivity index is 1.30. The summed E-state index contributed by atoms with van der Waals surface area (Å²) in [5.74, 6) is 3.01. The van der Waals surface area contributed by atoms with Crippen LogP contribution in [-0.2, 0) is 9.22 Å². The number of aryl methyl sites for hydroxylation is 2. The number of amides is 1. The van der Waals surface area contributed by atoms with Crippen LogP contribution in [-0.4, -0.2) is 39.1 Å². The predicted octanol–water partition coefficient (Wildman–Crippen LogP) is 9.85. The predicted molar refractivity (Wildman–Crippen MR) is 185 cm³/mol. The summed E-state index contributed by atoms with van der Waals surface area (Å²) in [6.07, 6.45) is 8.48. The first kappa shape index (κ1) is 33.5. The quantitative estimate of drug-likeness (QED) is 0.220. The monoisotopic (exact) mass is 630 g/mol. The maximum Gasteiger partial charge on any atom is 0.230 e. The van der Waals surface area contributed by atoms with E-state index in [-0.39, 0.29) is 23.0 Å². The van der Waals surface area contributed by atoms with Gasteiger partial charge in [0.1, 0.15) is 5.75 Å². The van der Waals surface area contributed by atoms with Crippen LogP contribution >= 0.6 is 0 Å². The molecule has 2 aliphatic carbocycles. The van der Waals surface area contributed by atoms with Crippen LogP contribution in [0.3, 0.4) is 0 Å². The van der Waals surface area contributed by atoms with Crippen LogP contribution in [0, 0.1) is 25.7 Å². The van der Waals surface area contributed by atoms with E-state index in [2.05, 4.69) is 81.2 Å². The first-order chi connectivity index (χ1) is 21.3. The fourth-order valence-corrected chi connectivity index (χ4v) is 8.41. The zero-order chi connectivity index (χ0) is 32.4. The molecule has 244 valence electrons. The third-order valence-electron chi connectivity index (χ3n) is 10.8. The van der Waals surface area contributed by atoms with Gasteiger partial charge in [0.25, 0.3) is 0 Å². The number of aromatic nitrogens is 1. The second-order valence-corrected chi connectivity index (χ2v) is 19.9. The molecule has 0 unspecified atom stereocenters. The number of hydrogen-bond acceptors (Lipinski definition) is 5. The second-order valence-electron chi connectivity index (χ2n) is 15.1. The lowest BCUT2D eigenvalue weighted by atomic mass is 9.78. The van der Waals surface area contributed by atoms with E-state index in [1.54, 1.807) is 7.11 Å². The van der Waals surface area contributed by atoms with E-state index < -0.39 is 8.32 Å². The van der Waals surface area contributed by atoms with Crippen LogP contribution < -0.4 is 9.64 Å². The molecule has 1 amide bonds. The van der Waals surface area contributed by atoms with Crippen molar-refractivity contribution in [3.63, 3.8) is 0 Å². The number of ether oxygens (including phenoxy) is 1. The summed E-state index contributed by atoms with van der Waals surface area (Å²) >= 11 is 0. The van der Waals surface area contributed by atoms with Crippen LogP contribution in [0.15, 0.2) is 53.1 Å². The zero-order valence-corrected chi connectivity index (χ0v) is 29.8. The van der Waals surface area contributed by atoms with Gasteiger partial charge >= 0.3 is 0 Å². The first-order valence-corrected chi connectivity index (χ1v) is 19.9. The van der Waals surface area contributed by atoms with E-state index in [0.717, 1.165) is 86.4 Å². The van der Waals surface area contributed by atoms with E-state index >= 15 is 0 Å². The second kappa shape index (κ2) is 13.8. The third kappa shape index (κ3) is 7.91. The van der Waals surface area contributed by atoms with Crippen LogP contribution in [0.4, 0.5) is 5.69 Å². The van der Waals surface area contributed by atoms with Crippen molar-refractivity contribution in [3.8, 4) is 17.1 Å². The lowest BCUT2D eigenvalue weighted by molar-refractivity contribution is -0.124. The van der Waals surface area contributed by atoms with Gasteiger partial charge in [0.15, 0.2) is 14.1 Å². The zero-order valence-electron chi connectivity index (χ0n) is 28.8. The highest BCUT2D eigenvalue weighted by Crippen LogP contribution is 2.41. The van der Waals surface area contributed by atoms with Crippen molar-refractivity contribution in [3.05, 3.63) is 65.4 Å². The Kier molecular flexibility index (Phi) is 10.3. The lowest BCUT2D eigenvalue weighted by Crippen LogP contribution is -2.46. The molecule has 45 heavy (non-hydrogen) atoms. The molecule has 1 aromatic heterocycles. The van der Waals surface area contributed by atoms with Gasteiger partial charge in [-0.3, -0.25) is 4.79 Å². The summed E-state index contributed by atoms with van der Waals surface area (Å²) in [5.41, 5.74) is 5.37. The highest BCUT2D eigenvalue weighted by molar-refractivity contribution is 6.74. The van der Waals surface area contributed by atoms with E-state index in [1.165, 1.54) is 11.1 Å². The van der Waals surface area contributed by atoms with Gasteiger partial charge in [-0.05, 0) is 125 Å². The Hall–Kier alpha value is -2.90. The summed E-state index contributed by atoms with van der Waals surface area (Å²) in [5, 5.41) is 4.28. The molecule has 2 fully saturated rings. The highest BCUT2D eigenvalue weighted by atomic mass is 28.4. The Labute approximate surface area is 272 Å². The average molecular weight is 631 g/mol. The molecule has 2 aromatic carbocycles. The Morgan fingerprint density at radius 2 is 1.67 bits per heavy atom. The third-order valence-corrected chi connectivity index (χ3v) is 15.3. The first-order valence-electron chi connectivity index (χ1n) is 17.0. The maximum absolute atomic E-state index is 14.4. The smallest absolute Gasteiger partial charge is 0.230 e. The fourth-order valence-electron chi connectivity index (χ4n) is 6.98. The number of methoxy groups -OCH3 is 1. The van der Waals surface area contributed by atoms with Crippen LogP contribution in [0.25, 0.3) is 11.3 Å². The molecule has 0 spiro atoms. The van der Waals surface area contributed by atoms with E-state index in [9.17, 15) is 4.79 Å². The molecule has 2 aliphatic rings. The van der Waals surface area contributed by atoms with Gasteiger partial charge in [-0.25, -0.2) is 0 Å². The van der Waals surface area contributed by atoms with Crippen molar-refractivity contribution >= 4 is 19.9 Å². The Bertz CT molecular complexity index is 1440. The van der Waals surface area contributed by atoms with Gasteiger partial charge in [0.05, 0.1) is 12.8 Å². The molecule has 0 aliphatic heterocycles. The molecule has 5 rings (SSSR count). The molecular weight excluding hydrogens is 577 g/mol. The molecule has 3 aromatic rings. The van der Waals surface area contributed by atoms with E-state index in [1.807, 2.05) is 25.1 Å². The Morgan fingerprint density at radius 3 is 2.27 bits per heavy atom. The van der Waals surface area contributed by atoms with Gasteiger partial charge < -0.3 is 18.6 Å². The molecule has 6 nitrogen and oxygen atoms in total. The van der Waals surface area contributed by atoms with Crippen molar-refractivity contribution in [1.82, 2.24) is 5.16 Å². The normalized spacial score (nSPS) is 22.7. The number of benzene rings is 2. The molecule has 0 atom stereocenters. The molecule has 2 saturated carbocycles. The van der Waals surface area contributed by atoms with Crippen LogP contribution in [0.2, 0.25) is 18.1 Å². The number of hydrogen-bond donors (Lipinski definition) is 0. The van der Waals surface area contributed by atoms with Gasteiger partial charge in [0, 0.05) is 35.9 Å². The summed E-state index contributed by atoms with van der Waals surface area (Å²) in [4.78, 5) is 16.5. The topological polar surface area (TPSA) is 64.8 Å². The summed E-state index contributed by atoms with van der Waals surface area (Å²) in [6.45, 7) is 16.4. The van der Waals surface area contributed by atoms with Crippen molar-refractivity contribution in [2.75, 3.05) is 18.6 Å². The standard InChI is InChI=1S/C38H54N2O4Si/c1-26-22-31(18-21-35(26)42-6)29-14-12-28(13-15-29)25-40(33-11-9-10-32(24-33)36-23-27(2)39-43-36)37(41)30-16-19-34(20-17-30)44-45(7,8)38(3,4)5/h9-11,18,21-24,28-30,34H,12-17,19-20,25H2,1-8H3. The number of carbonyl (C=O) groups is 1. The van der Waals surface area contributed by atoms with Crippen molar-refractivity contribution in [2.45, 2.75) is 116 Å². The largest absolute Gasteiger partial charge is 0.496 e. The van der Waals surface area contributed by atoms with E-state index in [4.69, 9.17) is 13.7 Å². The summed E-state index contributed by atoms with van der Waals surface area (Å²) < 4.78 is 17.8. The summed E-state index contributed by atoms with van der Waals surface area (Å²) in [6, 6.07) is 16.9. The minimum absolute atomic E-state index is 0.0269. The minimum Gasteiger partial charge on any atom is -0.496 e. The molecule has 7 heteroatoms. The molecule has 0 bridgehead atoms. The molecule has 0 N–H and O–H groups in total. The number of carbonyl (C=O) groups excluding carboxylic acids is 1. The number of anilines is 1. The van der Waals surface area contributed by atoms with Gasteiger partial charge in [0.2, 0.25) is 5.91 Å². The SMILES string of the molecule is COc1ccc(C2CCC(CN(C(=O)C3CCC(O[Si](C)(C)C(C)(C)C)CC3)c3cccc(-c4cc(C)no4)c3)CC2)cc1C. The molecule has 1 heterocycles. The van der Waals surface area contributed by atoms with E-state index in [0.29, 0.717) is 11.8 Å². The van der Waals surface area contributed by atoms with Gasteiger partial charge in [-0.1, -0.05) is 50.2 Å². The fraction of sp³-hybridized carbons (Fsp3) is 0.579. The van der Waals surface area contributed by atoms with Gasteiger partial charge in [-0.15, -0.1) is 0 Å². The van der Waals surface area contributed by atoms with Crippen LogP contribution in [0.1, 0.15) is 94.9 Å². The maximum atomic E-state index is 14.4. The lowest BCUT2D eigenvalue weighted by Gasteiger charge is -2.41. The number of rotatable bonds is 9. The average Bonchev–Trinajstić information content (AvgIpc) is 3.46. The van der Waals surface area contributed by atoms with Crippen LogP contribution in [0.5, 0.6) is 5.75 Å². The van der Waals surface area contributed by atoms with Crippen molar-refractivity contribution in [1.29, 1.82) is 0 Å². The van der Waals surface area contributed by atoms with Crippen molar-refractivity contribution < 1.29 is 18.5 Å². The summed E-state index contributed by atoms with van der Waals surface area (Å²) in [7, 11) is -0.103.